The van der Waals surface area contributed by atoms with Crippen molar-refractivity contribution in [2.45, 2.75) is 12.8 Å². The van der Waals surface area contributed by atoms with E-state index in [4.69, 9.17) is 5.73 Å². The average molecular weight is 176 g/mol. The van der Waals surface area contributed by atoms with Crippen LogP contribution in [0.1, 0.15) is 12.8 Å². The molecule has 0 atom stereocenters. The monoisotopic (exact) mass is 176 g/mol. The van der Waals surface area contributed by atoms with Crippen LogP contribution in [0.25, 0.3) is 0 Å². The molecule has 0 saturated carbocycles. The summed E-state index contributed by atoms with van der Waals surface area (Å²) in [7, 11) is 0. The largest absolute Gasteiger partial charge is 0.384 e. The van der Waals surface area contributed by atoms with E-state index in [-0.39, 0.29) is 5.82 Å². The maximum atomic E-state index is 5.27. The maximum absolute atomic E-state index is 5.27. The van der Waals surface area contributed by atoms with E-state index in [2.05, 4.69) is 28.4 Å². The van der Waals surface area contributed by atoms with E-state index >= 15 is 0 Å². The molecule has 0 bridgehead atoms. The van der Waals surface area contributed by atoms with E-state index in [1.54, 1.807) is 12.4 Å². The predicted molar refractivity (Wildman–Crippen MR) is 56.1 cm³/mol. The summed E-state index contributed by atoms with van der Waals surface area (Å²) in [4.78, 5) is 3.83. The van der Waals surface area contributed by atoms with Crippen LogP contribution in [0.15, 0.2) is 39.7 Å². The summed E-state index contributed by atoms with van der Waals surface area (Å²) in [6.07, 6.45) is 5.08. The summed E-state index contributed by atoms with van der Waals surface area (Å²) in [6, 6.07) is 0. The Labute approximate surface area is 77.3 Å². The van der Waals surface area contributed by atoms with Crippen LogP contribution in [0, 0.1) is 0 Å². The normalized spacial score (nSPS) is 15.8. The van der Waals surface area contributed by atoms with E-state index in [0.717, 1.165) is 24.1 Å². The highest BCUT2D eigenvalue weighted by Crippen LogP contribution is 2.05. The molecule has 68 valence electrons. The highest BCUT2D eigenvalue weighted by Gasteiger charge is 2.04. The van der Waals surface area contributed by atoms with Crippen LogP contribution < -0.4 is 5.73 Å². The van der Waals surface area contributed by atoms with Crippen molar-refractivity contribution in [3.05, 3.63) is 24.6 Å². The molecule has 0 aromatic rings. The molecule has 1 aliphatic heterocycles. The van der Waals surface area contributed by atoms with Crippen LogP contribution in [-0.4, -0.2) is 18.1 Å². The average Bonchev–Trinajstić information content (AvgIpc) is 2.15. The molecule has 0 spiro atoms. The molecule has 1 rings (SSSR count). The second-order valence-corrected chi connectivity index (χ2v) is 2.66. The lowest BCUT2D eigenvalue weighted by Crippen LogP contribution is -2.06. The van der Waals surface area contributed by atoms with Crippen LogP contribution in [0.3, 0.4) is 0 Å². The van der Waals surface area contributed by atoms with Crippen molar-refractivity contribution in [3.63, 3.8) is 0 Å². The smallest absolute Gasteiger partial charge is 0.116 e. The van der Waals surface area contributed by atoms with Gasteiger partial charge in [-0.25, -0.2) is 4.99 Å². The van der Waals surface area contributed by atoms with Gasteiger partial charge < -0.3 is 5.73 Å². The van der Waals surface area contributed by atoms with Gasteiger partial charge in [-0.15, -0.1) is 0 Å². The Bertz CT molecular complexity index is 310. The lowest BCUT2D eigenvalue weighted by molar-refractivity contribution is 1.07. The summed E-state index contributed by atoms with van der Waals surface area (Å²) < 4.78 is 0. The number of nitrogens with zero attached hydrogens (tertiary/aromatic N) is 3. The lowest BCUT2D eigenvalue weighted by Gasteiger charge is -2.04. The Kier molecular flexibility index (Phi) is 3.14. The molecule has 0 aromatic heterocycles. The van der Waals surface area contributed by atoms with Gasteiger partial charge in [0.2, 0.25) is 0 Å². The van der Waals surface area contributed by atoms with Crippen molar-refractivity contribution >= 4 is 18.1 Å². The van der Waals surface area contributed by atoms with Gasteiger partial charge >= 0.3 is 0 Å². The highest BCUT2D eigenvalue weighted by atomic mass is 15.2. The predicted octanol–water partition coefficient (Wildman–Crippen LogP) is 1.26. The van der Waals surface area contributed by atoms with Gasteiger partial charge in [-0.1, -0.05) is 13.2 Å². The first-order valence-electron chi connectivity index (χ1n) is 3.96. The minimum atomic E-state index is 0.265. The van der Waals surface area contributed by atoms with Crippen LogP contribution >= 0.6 is 0 Å². The number of nitrogens with two attached hydrogens (primary N) is 1. The third-order valence-electron chi connectivity index (χ3n) is 1.53. The number of hydrogen-bond donors (Lipinski definition) is 1. The number of rotatable bonds is 3. The minimum absolute atomic E-state index is 0.265. The Balaban J connectivity index is 2.62. The van der Waals surface area contributed by atoms with E-state index in [1.807, 2.05) is 0 Å². The second-order valence-electron chi connectivity index (χ2n) is 2.66. The molecule has 0 radical (unpaired) electrons. The maximum Gasteiger partial charge on any atom is 0.116 e. The summed E-state index contributed by atoms with van der Waals surface area (Å²) in [5.74, 6) is 0.265. The van der Waals surface area contributed by atoms with Gasteiger partial charge in [0.1, 0.15) is 5.82 Å². The molecular weight excluding hydrogens is 164 g/mol. The highest BCUT2D eigenvalue weighted by molar-refractivity contribution is 6.16. The van der Waals surface area contributed by atoms with Crippen molar-refractivity contribution in [1.29, 1.82) is 0 Å². The molecule has 0 unspecified atom stereocenters. The zero-order valence-corrected chi connectivity index (χ0v) is 7.40. The minimum Gasteiger partial charge on any atom is -0.384 e. The fraction of sp³-hybridized carbons (Fsp3) is 0.222. The first-order valence-corrected chi connectivity index (χ1v) is 3.96. The third kappa shape index (κ3) is 3.02. The van der Waals surface area contributed by atoms with Gasteiger partial charge in [0.15, 0.2) is 0 Å². The molecule has 2 N–H and O–H groups in total. The summed E-state index contributed by atoms with van der Waals surface area (Å²) in [5.41, 5.74) is 6.86. The zero-order chi connectivity index (χ0) is 9.68. The van der Waals surface area contributed by atoms with E-state index in [1.165, 1.54) is 0 Å². The van der Waals surface area contributed by atoms with Crippen LogP contribution in [0.2, 0.25) is 0 Å². The number of allylic oxidation sites excluding steroid dienone is 1. The first-order chi connectivity index (χ1) is 6.20. The molecule has 1 heterocycles. The molecule has 0 amide bonds. The fourth-order valence-corrected chi connectivity index (χ4v) is 0.880. The van der Waals surface area contributed by atoms with Crippen molar-refractivity contribution in [2.75, 3.05) is 0 Å². The summed E-state index contributed by atoms with van der Waals surface area (Å²) in [5, 5.41) is 7.73. The molecule has 0 fully saturated rings. The molecule has 0 saturated heterocycles. The fourth-order valence-electron chi connectivity index (χ4n) is 0.880. The van der Waals surface area contributed by atoms with Gasteiger partial charge in [0, 0.05) is 18.0 Å². The molecule has 1 aliphatic rings. The van der Waals surface area contributed by atoms with Crippen LogP contribution in [0.4, 0.5) is 0 Å². The van der Waals surface area contributed by atoms with Gasteiger partial charge in [-0.3, -0.25) is 0 Å². The SMILES string of the molecule is C=C(N)/N=C\C(=C)C1=NN=CCC1. The first kappa shape index (κ1) is 9.38. The van der Waals surface area contributed by atoms with Crippen molar-refractivity contribution in [1.82, 2.24) is 0 Å². The van der Waals surface area contributed by atoms with Crippen molar-refractivity contribution in [2.24, 2.45) is 20.9 Å². The lowest BCUT2D eigenvalue weighted by atomic mass is 10.1. The number of hydrogen-bond acceptors (Lipinski definition) is 4. The molecule has 4 nitrogen and oxygen atoms in total. The quantitative estimate of drug-likeness (QED) is 0.646. The number of aliphatic imine (C=N–C) groups is 1. The van der Waals surface area contributed by atoms with Gasteiger partial charge in [0.05, 0.1) is 5.71 Å². The van der Waals surface area contributed by atoms with Crippen LogP contribution in [-0.2, 0) is 0 Å². The van der Waals surface area contributed by atoms with Gasteiger partial charge in [0.25, 0.3) is 0 Å². The van der Waals surface area contributed by atoms with Gasteiger partial charge in [-0.2, -0.15) is 10.2 Å². The van der Waals surface area contributed by atoms with Crippen LogP contribution in [0.5, 0.6) is 0 Å². The molecule has 0 aromatic carbocycles. The topological polar surface area (TPSA) is 63.1 Å². The molecule has 4 heteroatoms. The molecule has 0 aliphatic carbocycles. The summed E-state index contributed by atoms with van der Waals surface area (Å²) >= 11 is 0. The molecule has 13 heavy (non-hydrogen) atoms. The Morgan fingerprint density at radius 1 is 1.62 bits per heavy atom. The van der Waals surface area contributed by atoms with Gasteiger partial charge in [-0.05, 0) is 12.8 Å². The standard InChI is InChI=1S/C9H12N4/c1-7(6-11-8(2)10)9-4-3-5-12-13-9/h5-6H,1-4,10H2/b11-6-. The third-order valence-corrected chi connectivity index (χ3v) is 1.53. The Morgan fingerprint density at radius 3 is 2.92 bits per heavy atom. The molecular formula is C9H12N4. The Morgan fingerprint density at radius 2 is 2.38 bits per heavy atom. The van der Waals surface area contributed by atoms with Crippen molar-refractivity contribution in [3.8, 4) is 0 Å². The second kappa shape index (κ2) is 4.35. The Hall–Kier alpha value is -1.71. The van der Waals surface area contributed by atoms with E-state index in [0.29, 0.717) is 0 Å². The van der Waals surface area contributed by atoms with E-state index < -0.39 is 0 Å². The zero-order valence-electron chi connectivity index (χ0n) is 7.40. The van der Waals surface area contributed by atoms with Crippen molar-refractivity contribution < 1.29 is 0 Å². The van der Waals surface area contributed by atoms with E-state index in [9.17, 15) is 0 Å². The summed E-state index contributed by atoms with van der Waals surface area (Å²) in [6.45, 7) is 7.24.